The van der Waals surface area contributed by atoms with Crippen molar-refractivity contribution < 1.29 is 4.79 Å². The third-order valence-electron chi connectivity index (χ3n) is 3.36. The molecule has 2 aromatic carbocycles. The Bertz CT molecular complexity index is 972. The molecule has 0 aliphatic rings. The Balaban J connectivity index is 1.69. The van der Waals surface area contributed by atoms with Crippen molar-refractivity contribution in [3.8, 4) is 0 Å². The summed E-state index contributed by atoms with van der Waals surface area (Å²) in [5, 5.41) is 4.14. The van der Waals surface area contributed by atoms with Crippen LogP contribution in [0.25, 0.3) is 21.1 Å². The molecule has 1 amide bonds. The maximum Gasteiger partial charge on any atom is 0.269 e. The Morgan fingerprint density at radius 2 is 1.91 bits per heavy atom. The Morgan fingerprint density at radius 3 is 2.73 bits per heavy atom. The number of para-hydroxylation sites is 2. The van der Waals surface area contributed by atoms with E-state index in [1.54, 1.807) is 0 Å². The number of aromatic amines is 1. The summed E-state index contributed by atoms with van der Waals surface area (Å²) in [5.74, 6) is 0.157. The van der Waals surface area contributed by atoms with E-state index < -0.39 is 0 Å². The number of H-pyrrole nitrogens is 1. The van der Waals surface area contributed by atoms with E-state index in [0.29, 0.717) is 15.8 Å². The quantitative estimate of drug-likeness (QED) is 0.561. The van der Waals surface area contributed by atoms with Gasteiger partial charge in [0.1, 0.15) is 4.88 Å². The lowest BCUT2D eigenvalue weighted by Crippen LogP contribution is -2.11. The van der Waals surface area contributed by atoms with E-state index in [-0.39, 0.29) is 5.91 Å². The molecule has 0 unspecified atom stereocenters. The molecule has 0 saturated carbocycles. The molecule has 6 heteroatoms. The van der Waals surface area contributed by atoms with E-state index in [4.69, 9.17) is 11.6 Å². The number of anilines is 1. The summed E-state index contributed by atoms with van der Waals surface area (Å²) in [7, 11) is 0. The van der Waals surface area contributed by atoms with Gasteiger partial charge in [-0.1, -0.05) is 41.9 Å². The van der Waals surface area contributed by atoms with E-state index in [1.807, 2.05) is 48.5 Å². The molecular weight excluding hydrogens is 318 g/mol. The van der Waals surface area contributed by atoms with Crippen LogP contribution in [0.15, 0.2) is 48.5 Å². The molecule has 2 heterocycles. The third-order valence-corrected chi connectivity index (χ3v) is 5.04. The zero-order valence-corrected chi connectivity index (χ0v) is 12.8. The Labute approximate surface area is 134 Å². The minimum absolute atomic E-state index is 0.259. The van der Waals surface area contributed by atoms with Crippen LogP contribution in [0.2, 0.25) is 5.02 Å². The minimum Gasteiger partial charge on any atom is -0.324 e. The van der Waals surface area contributed by atoms with Gasteiger partial charge in [0.15, 0.2) is 0 Å². The molecule has 2 aromatic heterocycles. The summed E-state index contributed by atoms with van der Waals surface area (Å²) in [6.45, 7) is 0. The van der Waals surface area contributed by atoms with Crippen LogP contribution in [-0.2, 0) is 0 Å². The molecule has 108 valence electrons. The molecule has 0 aliphatic carbocycles. The van der Waals surface area contributed by atoms with Gasteiger partial charge in [0.05, 0.1) is 16.1 Å². The van der Waals surface area contributed by atoms with Crippen LogP contribution in [0, 0.1) is 0 Å². The first-order chi connectivity index (χ1) is 10.7. The van der Waals surface area contributed by atoms with Crippen LogP contribution in [0.4, 0.5) is 5.95 Å². The van der Waals surface area contributed by atoms with Crippen LogP contribution in [0.1, 0.15) is 9.67 Å². The average molecular weight is 328 g/mol. The normalized spacial score (nSPS) is 11.1. The lowest BCUT2D eigenvalue weighted by atomic mass is 10.2. The molecule has 0 bridgehead atoms. The number of imidazole rings is 1. The van der Waals surface area contributed by atoms with Crippen molar-refractivity contribution in [2.45, 2.75) is 0 Å². The van der Waals surface area contributed by atoms with Crippen LogP contribution in [-0.4, -0.2) is 15.9 Å². The highest BCUT2D eigenvalue weighted by atomic mass is 35.5. The smallest absolute Gasteiger partial charge is 0.269 e. The molecular formula is C16H10ClN3OS. The molecule has 22 heavy (non-hydrogen) atoms. The maximum absolute atomic E-state index is 12.4. The Hall–Kier alpha value is -2.37. The minimum atomic E-state index is -0.259. The van der Waals surface area contributed by atoms with Gasteiger partial charge < -0.3 is 4.98 Å². The second-order valence-electron chi connectivity index (χ2n) is 4.80. The number of nitrogens with zero attached hydrogens (tertiary/aromatic N) is 1. The molecule has 4 aromatic rings. The Kier molecular flexibility index (Phi) is 3.10. The predicted octanol–water partition coefficient (Wildman–Crippen LogP) is 4.68. The summed E-state index contributed by atoms with van der Waals surface area (Å²) in [5.41, 5.74) is 1.68. The van der Waals surface area contributed by atoms with Crippen LogP contribution in [0.5, 0.6) is 0 Å². The molecule has 0 fully saturated rings. The van der Waals surface area contributed by atoms with Crippen molar-refractivity contribution in [3.63, 3.8) is 0 Å². The lowest BCUT2D eigenvalue weighted by molar-refractivity contribution is 0.103. The van der Waals surface area contributed by atoms with Crippen molar-refractivity contribution in [3.05, 3.63) is 58.4 Å². The number of benzene rings is 2. The number of halogens is 1. The van der Waals surface area contributed by atoms with Crippen LogP contribution >= 0.6 is 22.9 Å². The number of amides is 1. The fourth-order valence-corrected chi connectivity index (χ4v) is 3.75. The number of hydrogen-bond acceptors (Lipinski definition) is 3. The number of carbonyl (C=O) groups excluding carboxylic acids is 1. The highest BCUT2D eigenvalue weighted by molar-refractivity contribution is 7.21. The SMILES string of the molecule is O=C(Nc1nc2ccccc2[nH]1)c1sc2ccccc2c1Cl. The monoisotopic (exact) mass is 327 g/mol. The second-order valence-corrected chi connectivity index (χ2v) is 6.23. The fourth-order valence-electron chi connectivity index (χ4n) is 2.34. The lowest BCUT2D eigenvalue weighted by Gasteiger charge is -1.99. The summed E-state index contributed by atoms with van der Waals surface area (Å²) in [6, 6.07) is 15.3. The molecule has 0 atom stereocenters. The standard InChI is InChI=1S/C16H10ClN3OS/c17-13-9-5-1-4-8-12(9)22-14(13)15(21)20-16-18-10-6-2-3-7-11(10)19-16/h1-8H,(H2,18,19,20,21). The topological polar surface area (TPSA) is 57.8 Å². The van der Waals surface area contributed by atoms with Crippen molar-refractivity contribution >= 4 is 55.9 Å². The predicted molar refractivity (Wildman–Crippen MR) is 90.9 cm³/mol. The number of carbonyl (C=O) groups is 1. The fraction of sp³-hybridized carbons (Fsp3) is 0. The first kappa shape index (κ1) is 13.3. The first-order valence-electron chi connectivity index (χ1n) is 6.65. The second kappa shape index (κ2) is 5.12. The van der Waals surface area contributed by atoms with E-state index in [0.717, 1.165) is 21.1 Å². The van der Waals surface area contributed by atoms with Gasteiger partial charge in [-0.25, -0.2) is 4.98 Å². The van der Waals surface area contributed by atoms with Crippen LogP contribution < -0.4 is 5.32 Å². The van der Waals surface area contributed by atoms with Crippen molar-refractivity contribution in [2.75, 3.05) is 5.32 Å². The highest BCUT2D eigenvalue weighted by Crippen LogP contribution is 2.35. The zero-order valence-electron chi connectivity index (χ0n) is 11.3. The van der Waals surface area contributed by atoms with Crippen LogP contribution in [0.3, 0.4) is 0 Å². The van der Waals surface area contributed by atoms with Gasteiger partial charge in [-0.2, -0.15) is 0 Å². The summed E-state index contributed by atoms with van der Waals surface area (Å²) >= 11 is 7.69. The third kappa shape index (κ3) is 2.15. The molecule has 0 aliphatic heterocycles. The van der Waals surface area contributed by atoms with Gasteiger partial charge in [-0.3, -0.25) is 10.1 Å². The highest BCUT2D eigenvalue weighted by Gasteiger charge is 2.18. The first-order valence-corrected chi connectivity index (χ1v) is 7.85. The van der Waals surface area contributed by atoms with Gasteiger partial charge in [-0.05, 0) is 18.2 Å². The van der Waals surface area contributed by atoms with E-state index in [1.165, 1.54) is 11.3 Å². The largest absolute Gasteiger partial charge is 0.324 e. The van der Waals surface area contributed by atoms with Gasteiger partial charge in [0.25, 0.3) is 5.91 Å². The number of nitrogens with one attached hydrogen (secondary N) is 2. The van der Waals surface area contributed by atoms with E-state index >= 15 is 0 Å². The van der Waals surface area contributed by atoms with Gasteiger partial charge in [0, 0.05) is 10.1 Å². The van der Waals surface area contributed by atoms with Gasteiger partial charge in [0.2, 0.25) is 5.95 Å². The van der Waals surface area contributed by atoms with E-state index in [2.05, 4.69) is 15.3 Å². The number of thiophene rings is 1. The molecule has 0 radical (unpaired) electrons. The Morgan fingerprint density at radius 1 is 1.14 bits per heavy atom. The molecule has 4 rings (SSSR count). The van der Waals surface area contributed by atoms with Gasteiger partial charge in [-0.15, -0.1) is 11.3 Å². The van der Waals surface area contributed by atoms with E-state index in [9.17, 15) is 4.79 Å². The summed E-state index contributed by atoms with van der Waals surface area (Å²) < 4.78 is 0.988. The zero-order chi connectivity index (χ0) is 15.1. The number of rotatable bonds is 2. The molecule has 4 nitrogen and oxygen atoms in total. The number of aromatic nitrogens is 2. The van der Waals surface area contributed by atoms with Gasteiger partial charge >= 0.3 is 0 Å². The molecule has 0 spiro atoms. The summed E-state index contributed by atoms with van der Waals surface area (Å²) in [4.78, 5) is 20.3. The van der Waals surface area contributed by atoms with Crippen molar-refractivity contribution in [2.24, 2.45) is 0 Å². The number of fused-ring (bicyclic) bond motifs is 2. The van der Waals surface area contributed by atoms with Crippen molar-refractivity contribution in [1.29, 1.82) is 0 Å². The number of hydrogen-bond donors (Lipinski definition) is 2. The maximum atomic E-state index is 12.4. The molecule has 2 N–H and O–H groups in total. The average Bonchev–Trinajstić information content (AvgIpc) is 3.08. The molecule has 0 saturated heterocycles. The van der Waals surface area contributed by atoms with Crippen molar-refractivity contribution in [1.82, 2.24) is 9.97 Å². The summed E-state index contributed by atoms with van der Waals surface area (Å²) in [6.07, 6.45) is 0.